The van der Waals surface area contributed by atoms with Crippen molar-refractivity contribution in [2.75, 3.05) is 13.1 Å². The van der Waals surface area contributed by atoms with Gasteiger partial charge in [0.25, 0.3) is 11.6 Å². The number of carbonyl (C=O) groups excluding carboxylic acids is 2. The number of nitro groups is 1. The zero-order valence-electron chi connectivity index (χ0n) is 12.8. The Balaban J connectivity index is 3.20. The van der Waals surface area contributed by atoms with Crippen molar-refractivity contribution < 1.29 is 14.5 Å². The summed E-state index contributed by atoms with van der Waals surface area (Å²) in [4.78, 5) is 35.5. The van der Waals surface area contributed by atoms with Gasteiger partial charge in [0.15, 0.2) is 0 Å². The van der Waals surface area contributed by atoms with Gasteiger partial charge in [-0.05, 0) is 25.5 Å². The first-order valence-corrected chi connectivity index (χ1v) is 6.92. The zero-order chi connectivity index (χ0) is 16.7. The highest BCUT2D eigenvalue weighted by molar-refractivity contribution is 6.00. The molecule has 0 saturated heterocycles. The number of nitrogens with one attached hydrogen (secondary N) is 1. The average Bonchev–Trinajstić information content (AvgIpc) is 2.47. The van der Waals surface area contributed by atoms with E-state index in [2.05, 4.69) is 5.32 Å². The van der Waals surface area contributed by atoms with Crippen molar-refractivity contribution >= 4 is 23.6 Å². The lowest BCUT2D eigenvalue weighted by atomic mass is 10.1. The normalized spacial score (nSPS) is 11.0. The second kappa shape index (κ2) is 7.92. The molecule has 0 aliphatic heterocycles. The Morgan fingerprint density at radius 1 is 1.32 bits per heavy atom. The van der Waals surface area contributed by atoms with Gasteiger partial charge in [0.2, 0.25) is 5.91 Å². The minimum Gasteiger partial charge on any atom is -0.338 e. The van der Waals surface area contributed by atoms with Gasteiger partial charge in [-0.3, -0.25) is 19.7 Å². The number of non-ortho nitro benzene ring substituents is 1. The number of nitro benzene ring substituents is 1. The van der Waals surface area contributed by atoms with Crippen LogP contribution in [0.15, 0.2) is 30.0 Å². The molecule has 1 rings (SSSR count). The lowest BCUT2D eigenvalue weighted by Crippen LogP contribution is -2.37. The van der Waals surface area contributed by atoms with E-state index in [-0.39, 0.29) is 23.2 Å². The molecule has 118 valence electrons. The second-order valence-electron chi connectivity index (χ2n) is 4.57. The van der Waals surface area contributed by atoms with E-state index < -0.39 is 4.92 Å². The van der Waals surface area contributed by atoms with Crippen molar-refractivity contribution in [2.24, 2.45) is 0 Å². The first-order valence-electron chi connectivity index (χ1n) is 6.92. The molecule has 0 radical (unpaired) electrons. The number of likely N-dealkylation sites (N-methyl/N-ethyl adjacent to an activating group) is 1. The molecule has 0 fully saturated rings. The second-order valence-corrected chi connectivity index (χ2v) is 4.57. The molecule has 0 unspecified atom stereocenters. The first kappa shape index (κ1) is 17.4. The molecule has 22 heavy (non-hydrogen) atoms. The van der Waals surface area contributed by atoms with E-state index in [1.54, 1.807) is 11.0 Å². The average molecular weight is 305 g/mol. The number of amides is 2. The van der Waals surface area contributed by atoms with Crippen LogP contribution in [-0.4, -0.2) is 34.7 Å². The molecule has 1 aromatic rings. The molecule has 0 saturated carbocycles. The van der Waals surface area contributed by atoms with Crippen molar-refractivity contribution in [3.63, 3.8) is 0 Å². The van der Waals surface area contributed by atoms with E-state index >= 15 is 0 Å². The van der Waals surface area contributed by atoms with Crippen LogP contribution in [0.3, 0.4) is 0 Å². The molecule has 7 nitrogen and oxygen atoms in total. The number of hydrogen-bond acceptors (Lipinski definition) is 4. The lowest BCUT2D eigenvalue weighted by molar-refractivity contribution is -0.384. The van der Waals surface area contributed by atoms with Crippen LogP contribution in [-0.2, 0) is 9.59 Å². The van der Waals surface area contributed by atoms with Gasteiger partial charge in [0.05, 0.1) is 4.92 Å². The van der Waals surface area contributed by atoms with Gasteiger partial charge < -0.3 is 10.2 Å². The van der Waals surface area contributed by atoms with Crippen molar-refractivity contribution in [2.45, 2.75) is 20.8 Å². The van der Waals surface area contributed by atoms with Crippen LogP contribution in [0.25, 0.3) is 6.08 Å². The molecule has 0 heterocycles. The summed E-state index contributed by atoms with van der Waals surface area (Å²) in [6.07, 6.45) is 1.44. The number of rotatable bonds is 6. The van der Waals surface area contributed by atoms with Crippen molar-refractivity contribution in [1.82, 2.24) is 10.2 Å². The van der Waals surface area contributed by atoms with Gasteiger partial charge in [-0.15, -0.1) is 0 Å². The molecular weight excluding hydrogens is 286 g/mol. The summed E-state index contributed by atoms with van der Waals surface area (Å²) in [5.41, 5.74) is 0.487. The Labute approximate surface area is 128 Å². The Bertz CT molecular complexity index is 607. The fourth-order valence-electron chi connectivity index (χ4n) is 1.92. The Morgan fingerprint density at radius 3 is 2.45 bits per heavy atom. The number of carbonyl (C=O) groups is 2. The predicted octanol–water partition coefficient (Wildman–Crippen LogP) is 1.94. The molecule has 0 bridgehead atoms. The monoisotopic (exact) mass is 305 g/mol. The summed E-state index contributed by atoms with van der Waals surface area (Å²) in [6, 6.07) is 5.86. The van der Waals surface area contributed by atoms with Crippen molar-refractivity contribution in [3.8, 4) is 0 Å². The standard InChI is InChI=1S/C15H19N3O4/c1-4-17(5-2)15(20)14(16-11(3)19)10-12-7-6-8-13(9-12)18(21)22/h6-10H,4-5H2,1-3H3,(H,16,19)/b14-10-. The summed E-state index contributed by atoms with van der Waals surface area (Å²) in [5, 5.41) is 13.3. The molecule has 7 heteroatoms. The summed E-state index contributed by atoms with van der Waals surface area (Å²) < 4.78 is 0. The highest BCUT2D eigenvalue weighted by Gasteiger charge is 2.17. The summed E-state index contributed by atoms with van der Waals surface area (Å²) in [6.45, 7) is 5.97. The smallest absolute Gasteiger partial charge is 0.270 e. The summed E-state index contributed by atoms with van der Waals surface area (Å²) >= 11 is 0. The maximum Gasteiger partial charge on any atom is 0.270 e. The van der Waals surface area contributed by atoms with Gasteiger partial charge >= 0.3 is 0 Å². The Kier molecular flexibility index (Phi) is 6.25. The molecule has 2 amide bonds. The van der Waals surface area contributed by atoms with Crippen LogP contribution in [0.5, 0.6) is 0 Å². The molecule has 1 N–H and O–H groups in total. The quantitative estimate of drug-likeness (QED) is 0.494. The van der Waals surface area contributed by atoms with Crippen LogP contribution >= 0.6 is 0 Å². The molecule has 0 aliphatic carbocycles. The van der Waals surface area contributed by atoms with E-state index in [1.807, 2.05) is 13.8 Å². The molecular formula is C15H19N3O4. The van der Waals surface area contributed by atoms with Crippen LogP contribution in [0.4, 0.5) is 5.69 Å². The third-order valence-electron chi connectivity index (χ3n) is 2.98. The van der Waals surface area contributed by atoms with E-state index in [1.165, 1.54) is 31.2 Å². The third-order valence-corrected chi connectivity index (χ3v) is 2.98. The van der Waals surface area contributed by atoms with E-state index in [9.17, 15) is 19.7 Å². The maximum atomic E-state index is 12.4. The van der Waals surface area contributed by atoms with Gasteiger partial charge in [-0.1, -0.05) is 12.1 Å². The van der Waals surface area contributed by atoms with Gasteiger partial charge in [0.1, 0.15) is 5.70 Å². The molecule has 0 atom stereocenters. The highest BCUT2D eigenvalue weighted by atomic mass is 16.6. The lowest BCUT2D eigenvalue weighted by Gasteiger charge is -2.20. The zero-order valence-corrected chi connectivity index (χ0v) is 12.8. The number of nitrogens with zero attached hydrogens (tertiary/aromatic N) is 2. The number of hydrogen-bond donors (Lipinski definition) is 1. The Morgan fingerprint density at radius 2 is 1.95 bits per heavy atom. The third kappa shape index (κ3) is 4.69. The Hall–Kier alpha value is -2.70. The predicted molar refractivity (Wildman–Crippen MR) is 82.8 cm³/mol. The van der Waals surface area contributed by atoms with Crippen molar-refractivity contribution in [1.29, 1.82) is 0 Å². The van der Waals surface area contributed by atoms with Gasteiger partial charge in [0, 0.05) is 32.1 Å². The minimum absolute atomic E-state index is 0.0776. The van der Waals surface area contributed by atoms with Crippen LogP contribution in [0.2, 0.25) is 0 Å². The molecule has 0 aliphatic rings. The minimum atomic E-state index is -0.512. The van der Waals surface area contributed by atoms with Gasteiger partial charge in [-0.25, -0.2) is 0 Å². The van der Waals surface area contributed by atoms with E-state index in [0.29, 0.717) is 18.7 Å². The van der Waals surface area contributed by atoms with E-state index in [0.717, 1.165) is 0 Å². The fourth-order valence-corrected chi connectivity index (χ4v) is 1.92. The largest absolute Gasteiger partial charge is 0.338 e. The number of benzene rings is 1. The summed E-state index contributed by atoms with van der Waals surface area (Å²) in [7, 11) is 0. The molecule has 0 aromatic heterocycles. The first-order chi connectivity index (χ1) is 10.4. The fraction of sp³-hybridized carbons (Fsp3) is 0.333. The SMILES string of the molecule is CCN(CC)C(=O)/C(=C/c1cccc([N+](=O)[O-])c1)NC(C)=O. The van der Waals surface area contributed by atoms with Crippen LogP contribution in [0, 0.1) is 10.1 Å². The summed E-state index contributed by atoms with van der Waals surface area (Å²) in [5.74, 6) is -0.705. The van der Waals surface area contributed by atoms with E-state index in [4.69, 9.17) is 0 Å². The van der Waals surface area contributed by atoms with Gasteiger partial charge in [-0.2, -0.15) is 0 Å². The van der Waals surface area contributed by atoms with Crippen LogP contribution < -0.4 is 5.32 Å². The van der Waals surface area contributed by atoms with Crippen LogP contribution in [0.1, 0.15) is 26.3 Å². The topological polar surface area (TPSA) is 92.6 Å². The van der Waals surface area contributed by atoms with Crippen molar-refractivity contribution in [3.05, 3.63) is 45.6 Å². The molecule has 1 aromatic carbocycles. The molecule has 0 spiro atoms. The highest BCUT2D eigenvalue weighted by Crippen LogP contribution is 2.16. The maximum absolute atomic E-state index is 12.4.